The maximum absolute atomic E-state index is 12.5. The van der Waals surface area contributed by atoms with Gasteiger partial charge < -0.3 is 10.6 Å². The van der Waals surface area contributed by atoms with Crippen molar-refractivity contribution < 1.29 is 9.59 Å². The molecule has 4 heteroatoms. The van der Waals surface area contributed by atoms with Gasteiger partial charge in [0.25, 0.3) is 5.91 Å². The molecule has 2 aromatic carbocycles. The highest BCUT2D eigenvalue weighted by Crippen LogP contribution is 2.48. The van der Waals surface area contributed by atoms with Crippen molar-refractivity contribution in [2.24, 2.45) is 0 Å². The van der Waals surface area contributed by atoms with E-state index in [9.17, 15) is 9.59 Å². The van der Waals surface area contributed by atoms with Crippen molar-refractivity contribution in [1.82, 2.24) is 5.32 Å². The van der Waals surface area contributed by atoms with Crippen LogP contribution in [-0.4, -0.2) is 18.4 Å². The maximum atomic E-state index is 12.5. The van der Waals surface area contributed by atoms with E-state index in [2.05, 4.69) is 17.6 Å². The van der Waals surface area contributed by atoms with Crippen LogP contribution in [0.5, 0.6) is 0 Å². The third-order valence-corrected chi connectivity index (χ3v) is 5.09. The van der Waals surface area contributed by atoms with Crippen molar-refractivity contribution in [1.29, 1.82) is 0 Å². The van der Waals surface area contributed by atoms with Gasteiger partial charge in [0.1, 0.15) is 0 Å². The third kappa shape index (κ3) is 3.79. The topological polar surface area (TPSA) is 58.2 Å². The Bertz CT molecular complexity index is 792. The molecule has 136 valence electrons. The Morgan fingerprint density at radius 2 is 1.73 bits per heavy atom. The number of benzene rings is 2. The molecule has 3 rings (SSSR count). The smallest absolute Gasteiger partial charge is 0.255 e. The zero-order chi connectivity index (χ0) is 18.6. The molecule has 0 saturated heterocycles. The predicted octanol–water partition coefficient (Wildman–Crippen LogP) is 4.20. The molecule has 26 heavy (non-hydrogen) atoms. The monoisotopic (exact) mass is 350 g/mol. The number of carbonyl (C=O) groups is 2. The van der Waals surface area contributed by atoms with Crippen LogP contribution in [-0.2, 0) is 10.2 Å². The highest BCUT2D eigenvalue weighted by atomic mass is 16.2. The SMILES string of the molecule is CCCCNC(=O)C1(c2ccc(NC(=O)c3ccccc3C)cc2)CC1. The summed E-state index contributed by atoms with van der Waals surface area (Å²) in [5.74, 6) is 0.0111. The van der Waals surface area contributed by atoms with Gasteiger partial charge in [-0.3, -0.25) is 9.59 Å². The Hall–Kier alpha value is -2.62. The number of nitrogens with one attached hydrogen (secondary N) is 2. The Morgan fingerprint density at radius 3 is 2.35 bits per heavy atom. The van der Waals surface area contributed by atoms with Crippen LogP contribution in [0.1, 0.15) is 54.1 Å². The number of hydrogen-bond donors (Lipinski definition) is 2. The first-order valence-electron chi connectivity index (χ1n) is 9.32. The molecule has 0 atom stereocenters. The summed E-state index contributed by atoms with van der Waals surface area (Å²) in [5.41, 5.74) is 3.02. The van der Waals surface area contributed by atoms with E-state index in [-0.39, 0.29) is 17.2 Å². The van der Waals surface area contributed by atoms with E-state index in [1.165, 1.54) is 0 Å². The molecule has 0 aromatic heterocycles. The van der Waals surface area contributed by atoms with Gasteiger partial charge in [-0.15, -0.1) is 0 Å². The van der Waals surface area contributed by atoms with Crippen molar-refractivity contribution >= 4 is 17.5 Å². The molecule has 1 aliphatic carbocycles. The molecule has 0 radical (unpaired) electrons. The van der Waals surface area contributed by atoms with Gasteiger partial charge in [-0.05, 0) is 55.5 Å². The van der Waals surface area contributed by atoms with Gasteiger partial charge in [0.15, 0.2) is 0 Å². The average molecular weight is 350 g/mol. The van der Waals surface area contributed by atoms with Crippen molar-refractivity contribution in [2.75, 3.05) is 11.9 Å². The number of amides is 2. The molecule has 0 heterocycles. The highest BCUT2D eigenvalue weighted by Gasteiger charge is 2.50. The van der Waals surface area contributed by atoms with Crippen LogP contribution in [0.4, 0.5) is 5.69 Å². The Kier molecular flexibility index (Phi) is 5.40. The van der Waals surface area contributed by atoms with Gasteiger partial charge in [0, 0.05) is 17.8 Å². The summed E-state index contributed by atoms with van der Waals surface area (Å²) in [6.45, 7) is 4.77. The molecule has 1 fully saturated rings. The standard InChI is InChI=1S/C22H26N2O2/c1-3-4-15-23-21(26)22(13-14-22)17-9-11-18(12-10-17)24-20(25)19-8-6-5-7-16(19)2/h5-12H,3-4,13-15H2,1-2H3,(H,23,26)(H,24,25). The predicted molar refractivity (Wildman–Crippen MR) is 104 cm³/mol. The summed E-state index contributed by atoms with van der Waals surface area (Å²) in [6, 6.07) is 15.2. The fourth-order valence-corrected chi connectivity index (χ4v) is 3.22. The van der Waals surface area contributed by atoms with Gasteiger partial charge in [0.05, 0.1) is 5.41 Å². The van der Waals surface area contributed by atoms with Crippen LogP contribution in [0.2, 0.25) is 0 Å². The molecule has 2 amide bonds. The summed E-state index contributed by atoms with van der Waals surface area (Å²) in [6.07, 6.45) is 3.86. The lowest BCUT2D eigenvalue weighted by Gasteiger charge is -2.16. The Morgan fingerprint density at radius 1 is 1.04 bits per heavy atom. The zero-order valence-corrected chi connectivity index (χ0v) is 15.5. The molecule has 4 nitrogen and oxygen atoms in total. The summed E-state index contributed by atoms with van der Waals surface area (Å²) in [4.78, 5) is 24.9. The molecule has 0 unspecified atom stereocenters. The second kappa shape index (κ2) is 7.73. The molecule has 1 aliphatic rings. The number of carbonyl (C=O) groups excluding carboxylic acids is 2. The first kappa shape index (κ1) is 18.2. The minimum absolute atomic E-state index is 0.116. The van der Waals surface area contributed by atoms with E-state index in [4.69, 9.17) is 0 Å². The first-order valence-corrected chi connectivity index (χ1v) is 9.32. The van der Waals surface area contributed by atoms with Crippen molar-refractivity contribution in [3.63, 3.8) is 0 Å². The molecule has 2 N–H and O–H groups in total. The third-order valence-electron chi connectivity index (χ3n) is 5.09. The van der Waals surface area contributed by atoms with E-state index in [1.807, 2.05) is 55.5 Å². The molecule has 2 aromatic rings. The fraction of sp³-hybridized carbons (Fsp3) is 0.364. The van der Waals surface area contributed by atoms with E-state index < -0.39 is 0 Å². The number of unbranched alkanes of at least 4 members (excludes halogenated alkanes) is 1. The molecule has 0 aliphatic heterocycles. The van der Waals surface area contributed by atoms with Gasteiger partial charge in [-0.2, -0.15) is 0 Å². The Balaban J connectivity index is 1.66. The quantitative estimate of drug-likeness (QED) is 0.736. The lowest BCUT2D eigenvalue weighted by Crippen LogP contribution is -2.35. The summed E-state index contributed by atoms with van der Waals surface area (Å²) >= 11 is 0. The largest absolute Gasteiger partial charge is 0.355 e. The van der Waals surface area contributed by atoms with Crippen LogP contribution >= 0.6 is 0 Å². The lowest BCUT2D eigenvalue weighted by atomic mass is 9.94. The molecular weight excluding hydrogens is 324 g/mol. The number of hydrogen-bond acceptors (Lipinski definition) is 2. The minimum Gasteiger partial charge on any atom is -0.355 e. The van der Waals surface area contributed by atoms with Crippen molar-refractivity contribution in [3.05, 3.63) is 65.2 Å². The van der Waals surface area contributed by atoms with Crippen LogP contribution in [0, 0.1) is 6.92 Å². The van der Waals surface area contributed by atoms with Gasteiger partial charge in [-0.1, -0.05) is 43.7 Å². The second-order valence-corrected chi connectivity index (χ2v) is 7.04. The normalized spacial score (nSPS) is 14.5. The Labute approximate surface area is 155 Å². The van der Waals surface area contributed by atoms with E-state index in [0.717, 1.165) is 49.0 Å². The maximum Gasteiger partial charge on any atom is 0.255 e. The minimum atomic E-state index is -0.369. The van der Waals surface area contributed by atoms with E-state index >= 15 is 0 Å². The van der Waals surface area contributed by atoms with Crippen LogP contribution in [0.25, 0.3) is 0 Å². The zero-order valence-electron chi connectivity index (χ0n) is 15.5. The van der Waals surface area contributed by atoms with Crippen LogP contribution in [0.15, 0.2) is 48.5 Å². The number of rotatable bonds is 7. The van der Waals surface area contributed by atoms with Gasteiger partial charge >= 0.3 is 0 Å². The molecule has 0 spiro atoms. The number of aryl methyl sites for hydroxylation is 1. The van der Waals surface area contributed by atoms with E-state index in [0.29, 0.717) is 5.56 Å². The summed E-state index contributed by atoms with van der Waals surface area (Å²) in [7, 11) is 0. The molecular formula is C22H26N2O2. The van der Waals surface area contributed by atoms with Crippen LogP contribution in [0.3, 0.4) is 0 Å². The van der Waals surface area contributed by atoms with E-state index in [1.54, 1.807) is 0 Å². The lowest BCUT2D eigenvalue weighted by molar-refractivity contribution is -0.123. The van der Waals surface area contributed by atoms with Gasteiger partial charge in [0.2, 0.25) is 5.91 Å². The first-order chi connectivity index (χ1) is 12.6. The summed E-state index contributed by atoms with van der Waals surface area (Å²) < 4.78 is 0. The molecule has 1 saturated carbocycles. The van der Waals surface area contributed by atoms with Gasteiger partial charge in [-0.25, -0.2) is 0 Å². The molecule has 0 bridgehead atoms. The van der Waals surface area contributed by atoms with Crippen molar-refractivity contribution in [3.8, 4) is 0 Å². The summed E-state index contributed by atoms with van der Waals surface area (Å²) in [5, 5.41) is 5.98. The fourth-order valence-electron chi connectivity index (χ4n) is 3.22. The average Bonchev–Trinajstić information content (AvgIpc) is 3.45. The second-order valence-electron chi connectivity index (χ2n) is 7.04. The van der Waals surface area contributed by atoms with Crippen molar-refractivity contribution in [2.45, 2.75) is 44.9 Å². The number of anilines is 1. The highest BCUT2D eigenvalue weighted by molar-refractivity contribution is 6.05. The van der Waals surface area contributed by atoms with Crippen LogP contribution < -0.4 is 10.6 Å².